The van der Waals surface area contributed by atoms with Crippen molar-refractivity contribution in [1.82, 2.24) is 4.98 Å². The van der Waals surface area contributed by atoms with Crippen molar-refractivity contribution in [3.8, 4) is 11.5 Å². The lowest BCUT2D eigenvalue weighted by Crippen LogP contribution is -2.09. The van der Waals surface area contributed by atoms with E-state index in [-0.39, 0.29) is 11.7 Å². The van der Waals surface area contributed by atoms with E-state index >= 15 is 0 Å². The minimum Gasteiger partial charge on any atom is -0.493 e. The van der Waals surface area contributed by atoms with Gasteiger partial charge in [0.15, 0.2) is 11.5 Å². The molecule has 0 spiro atoms. The lowest BCUT2D eigenvalue weighted by atomic mass is 10.1. The van der Waals surface area contributed by atoms with Crippen LogP contribution in [0.15, 0.2) is 48.5 Å². The highest BCUT2D eigenvalue weighted by Crippen LogP contribution is 2.28. The maximum Gasteiger partial charge on any atom is 0.248 e. The highest BCUT2D eigenvalue weighted by atomic mass is 19.1. The van der Waals surface area contributed by atoms with Crippen molar-refractivity contribution in [2.24, 2.45) is 0 Å². The Morgan fingerprint density at radius 3 is 2.59 bits per heavy atom. The third-order valence-electron chi connectivity index (χ3n) is 3.99. The standard InChI is InChI=1S/C21H19FN2O3/c1-13-10-18(16-12-15(22)6-7-17(16)23-13)24-21(25)9-5-14-4-8-19(26-2)20(11-14)27-3/h4-12H,1-3H3,(H,23,24,25)/b9-5+. The molecule has 0 radical (unpaired) electrons. The first-order valence-corrected chi connectivity index (χ1v) is 8.28. The zero-order valence-electron chi connectivity index (χ0n) is 15.2. The Morgan fingerprint density at radius 2 is 1.85 bits per heavy atom. The van der Waals surface area contributed by atoms with E-state index in [9.17, 15) is 9.18 Å². The molecule has 3 aromatic rings. The van der Waals surface area contributed by atoms with Gasteiger partial charge in [0.2, 0.25) is 5.91 Å². The van der Waals surface area contributed by atoms with E-state index in [1.165, 1.54) is 18.2 Å². The number of fused-ring (bicyclic) bond motifs is 1. The first-order chi connectivity index (χ1) is 13.0. The zero-order valence-corrected chi connectivity index (χ0v) is 15.2. The molecule has 5 nitrogen and oxygen atoms in total. The Labute approximate surface area is 156 Å². The van der Waals surface area contributed by atoms with Crippen LogP contribution < -0.4 is 14.8 Å². The average molecular weight is 366 g/mol. The number of carbonyl (C=O) groups excluding carboxylic acids is 1. The fourth-order valence-corrected chi connectivity index (χ4v) is 2.74. The summed E-state index contributed by atoms with van der Waals surface area (Å²) in [5, 5.41) is 3.34. The van der Waals surface area contributed by atoms with Gasteiger partial charge < -0.3 is 14.8 Å². The summed E-state index contributed by atoms with van der Waals surface area (Å²) >= 11 is 0. The highest BCUT2D eigenvalue weighted by Gasteiger charge is 2.08. The van der Waals surface area contributed by atoms with Crippen LogP contribution in [-0.2, 0) is 4.79 Å². The number of rotatable bonds is 5. The van der Waals surface area contributed by atoms with Gasteiger partial charge in [0.1, 0.15) is 5.82 Å². The molecule has 0 atom stereocenters. The average Bonchev–Trinajstić information content (AvgIpc) is 2.66. The predicted octanol–water partition coefficient (Wildman–Crippen LogP) is 4.35. The molecule has 0 saturated carbocycles. The smallest absolute Gasteiger partial charge is 0.248 e. The van der Waals surface area contributed by atoms with E-state index in [1.54, 1.807) is 44.6 Å². The summed E-state index contributed by atoms with van der Waals surface area (Å²) in [6.45, 7) is 1.82. The van der Waals surface area contributed by atoms with E-state index in [4.69, 9.17) is 9.47 Å². The van der Waals surface area contributed by atoms with Crippen molar-refractivity contribution >= 4 is 28.6 Å². The van der Waals surface area contributed by atoms with Gasteiger partial charge in [0.25, 0.3) is 0 Å². The number of methoxy groups -OCH3 is 2. The van der Waals surface area contributed by atoms with Crippen LogP contribution in [0.1, 0.15) is 11.3 Å². The van der Waals surface area contributed by atoms with Crippen molar-refractivity contribution in [2.75, 3.05) is 19.5 Å². The number of anilines is 1. The van der Waals surface area contributed by atoms with Crippen molar-refractivity contribution in [3.05, 3.63) is 65.6 Å². The number of nitrogens with one attached hydrogen (secondary N) is 1. The molecular formula is C21H19FN2O3. The third kappa shape index (κ3) is 4.23. The maximum absolute atomic E-state index is 13.6. The number of pyridine rings is 1. The number of benzene rings is 2. The van der Waals surface area contributed by atoms with Gasteiger partial charge in [0.05, 0.1) is 25.4 Å². The van der Waals surface area contributed by atoms with Crippen LogP contribution in [-0.4, -0.2) is 25.1 Å². The highest BCUT2D eigenvalue weighted by molar-refractivity contribution is 6.07. The van der Waals surface area contributed by atoms with Gasteiger partial charge in [-0.1, -0.05) is 6.07 Å². The largest absolute Gasteiger partial charge is 0.493 e. The molecule has 0 bridgehead atoms. The van der Waals surface area contributed by atoms with Gasteiger partial charge in [-0.25, -0.2) is 4.39 Å². The topological polar surface area (TPSA) is 60.5 Å². The Kier molecular flexibility index (Phi) is 5.35. The van der Waals surface area contributed by atoms with Crippen molar-refractivity contribution in [3.63, 3.8) is 0 Å². The summed E-state index contributed by atoms with van der Waals surface area (Å²) in [5.74, 6) is 0.469. The van der Waals surface area contributed by atoms with E-state index in [2.05, 4.69) is 10.3 Å². The quantitative estimate of drug-likeness (QED) is 0.682. The maximum atomic E-state index is 13.6. The van der Waals surface area contributed by atoms with Crippen molar-refractivity contribution < 1.29 is 18.7 Å². The molecule has 2 aromatic carbocycles. The third-order valence-corrected chi connectivity index (χ3v) is 3.99. The summed E-state index contributed by atoms with van der Waals surface area (Å²) in [6, 6.07) is 11.3. The number of amides is 1. The molecule has 138 valence electrons. The van der Waals surface area contributed by atoms with Crippen LogP contribution in [0.2, 0.25) is 0 Å². The molecule has 1 aromatic heterocycles. The van der Waals surface area contributed by atoms with Crippen LogP contribution in [0.5, 0.6) is 11.5 Å². The molecule has 0 aliphatic heterocycles. The van der Waals surface area contributed by atoms with Crippen molar-refractivity contribution in [2.45, 2.75) is 6.92 Å². The number of ether oxygens (including phenoxy) is 2. The van der Waals surface area contributed by atoms with Gasteiger partial charge in [-0.05, 0) is 55.0 Å². The monoisotopic (exact) mass is 366 g/mol. The summed E-state index contributed by atoms with van der Waals surface area (Å²) in [6.07, 6.45) is 3.07. The zero-order chi connectivity index (χ0) is 19.4. The van der Waals surface area contributed by atoms with Gasteiger partial charge in [-0.3, -0.25) is 9.78 Å². The molecule has 1 heterocycles. The van der Waals surface area contributed by atoms with Crippen LogP contribution >= 0.6 is 0 Å². The molecule has 0 aliphatic carbocycles. The second-order valence-corrected chi connectivity index (χ2v) is 5.91. The van der Waals surface area contributed by atoms with Gasteiger partial charge in [-0.15, -0.1) is 0 Å². The Bertz CT molecular complexity index is 1030. The van der Waals surface area contributed by atoms with Gasteiger partial charge >= 0.3 is 0 Å². The van der Waals surface area contributed by atoms with Crippen LogP contribution in [0.3, 0.4) is 0 Å². The van der Waals surface area contributed by atoms with E-state index in [0.29, 0.717) is 28.1 Å². The Hall–Kier alpha value is -3.41. The molecule has 6 heteroatoms. The minimum atomic E-state index is -0.385. The van der Waals surface area contributed by atoms with Gasteiger partial charge in [-0.2, -0.15) is 0 Å². The number of aromatic nitrogens is 1. The van der Waals surface area contributed by atoms with Crippen LogP contribution in [0.4, 0.5) is 10.1 Å². The van der Waals surface area contributed by atoms with Gasteiger partial charge in [0, 0.05) is 17.2 Å². The molecule has 0 unspecified atom stereocenters. The SMILES string of the molecule is COc1ccc(/C=C/C(=O)Nc2cc(C)nc3ccc(F)cc23)cc1OC. The summed E-state index contributed by atoms with van der Waals surface area (Å²) in [5.41, 5.74) is 2.65. The van der Waals surface area contributed by atoms with E-state index in [1.807, 2.05) is 13.0 Å². The number of halogens is 1. The number of aryl methyl sites for hydroxylation is 1. The summed E-state index contributed by atoms with van der Waals surface area (Å²) in [4.78, 5) is 16.7. The molecule has 0 saturated heterocycles. The van der Waals surface area contributed by atoms with Crippen LogP contribution in [0, 0.1) is 12.7 Å². The van der Waals surface area contributed by atoms with Crippen LogP contribution in [0.25, 0.3) is 17.0 Å². The fourth-order valence-electron chi connectivity index (χ4n) is 2.74. The summed E-state index contributed by atoms with van der Waals surface area (Å²) < 4.78 is 24.0. The lowest BCUT2D eigenvalue weighted by Gasteiger charge is -2.09. The molecule has 3 rings (SSSR count). The molecule has 27 heavy (non-hydrogen) atoms. The molecule has 1 N–H and O–H groups in total. The van der Waals surface area contributed by atoms with Crippen molar-refractivity contribution in [1.29, 1.82) is 0 Å². The molecule has 0 fully saturated rings. The minimum absolute atomic E-state index is 0.332. The molecule has 1 amide bonds. The second kappa shape index (κ2) is 7.86. The number of hydrogen-bond donors (Lipinski definition) is 1. The first kappa shape index (κ1) is 18.4. The number of hydrogen-bond acceptors (Lipinski definition) is 4. The number of carbonyl (C=O) groups is 1. The lowest BCUT2D eigenvalue weighted by molar-refractivity contribution is -0.111. The Morgan fingerprint density at radius 1 is 1.07 bits per heavy atom. The summed E-state index contributed by atoms with van der Waals surface area (Å²) in [7, 11) is 3.11. The molecule has 0 aliphatic rings. The van der Waals surface area contributed by atoms with E-state index in [0.717, 1.165) is 11.3 Å². The fraction of sp³-hybridized carbons (Fsp3) is 0.143. The Balaban J connectivity index is 1.83. The second-order valence-electron chi connectivity index (χ2n) is 5.91. The predicted molar refractivity (Wildman–Crippen MR) is 104 cm³/mol. The first-order valence-electron chi connectivity index (χ1n) is 8.28. The normalized spacial score (nSPS) is 11.0. The van der Waals surface area contributed by atoms with E-state index < -0.39 is 0 Å². The molecular weight excluding hydrogens is 347 g/mol. The number of nitrogens with zero attached hydrogens (tertiary/aromatic N) is 1.